The van der Waals surface area contributed by atoms with Crippen LogP contribution in [-0.2, 0) is 16.1 Å². The standard InChI is InChI=1S/C28H25Cl2F3N2O4/c1-27(2,3)39-26(36)18-6-4-17(5-7-18)16-37-25(15-24(34)19-12-20(29)14-21(30)13-19)35-22-8-10-23(11-9-22)38-28(31,32)33/h4-15,34-35H,16H2,1-3H3/b25-15+,34-24?. The van der Waals surface area contributed by atoms with Crippen molar-refractivity contribution in [3.05, 3.63) is 105 Å². The number of nitrogens with one attached hydrogen (secondary N) is 2. The van der Waals surface area contributed by atoms with Crippen LogP contribution in [0.1, 0.15) is 42.3 Å². The van der Waals surface area contributed by atoms with E-state index in [2.05, 4.69) is 10.1 Å². The highest BCUT2D eigenvalue weighted by Gasteiger charge is 2.31. The first-order valence-corrected chi connectivity index (χ1v) is 12.3. The lowest BCUT2D eigenvalue weighted by molar-refractivity contribution is -0.274. The Morgan fingerprint density at radius 1 is 0.923 bits per heavy atom. The number of esters is 1. The summed E-state index contributed by atoms with van der Waals surface area (Å²) in [5.74, 6) is -0.716. The minimum Gasteiger partial charge on any atom is -0.474 e. The van der Waals surface area contributed by atoms with Crippen LogP contribution in [0.3, 0.4) is 0 Å². The van der Waals surface area contributed by atoms with Crippen molar-refractivity contribution in [1.29, 1.82) is 5.41 Å². The molecule has 0 atom stereocenters. The van der Waals surface area contributed by atoms with Gasteiger partial charge in [-0.3, -0.25) is 0 Å². The highest BCUT2D eigenvalue weighted by Crippen LogP contribution is 2.25. The molecule has 3 rings (SSSR count). The van der Waals surface area contributed by atoms with Crippen molar-refractivity contribution in [2.45, 2.75) is 39.3 Å². The number of alkyl halides is 3. The zero-order valence-corrected chi connectivity index (χ0v) is 22.7. The van der Waals surface area contributed by atoms with E-state index >= 15 is 0 Å². The largest absolute Gasteiger partial charge is 0.573 e. The van der Waals surface area contributed by atoms with E-state index in [0.717, 1.165) is 12.1 Å². The van der Waals surface area contributed by atoms with Gasteiger partial charge >= 0.3 is 12.3 Å². The molecule has 3 aromatic rings. The molecule has 39 heavy (non-hydrogen) atoms. The Bertz CT molecular complexity index is 1330. The number of anilines is 1. The Morgan fingerprint density at radius 3 is 2.05 bits per heavy atom. The van der Waals surface area contributed by atoms with Crippen molar-refractivity contribution in [3.8, 4) is 5.75 Å². The average molecular weight is 581 g/mol. The van der Waals surface area contributed by atoms with E-state index < -0.39 is 17.9 Å². The van der Waals surface area contributed by atoms with E-state index in [1.807, 2.05) is 0 Å². The van der Waals surface area contributed by atoms with Crippen LogP contribution in [-0.4, -0.2) is 23.6 Å². The number of hydrogen-bond acceptors (Lipinski definition) is 6. The lowest BCUT2D eigenvalue weighted by atomic mass is 10.1. The highest BCUT2D eigenvalue weighted by molar-refractivity contribution is 6.35. The number of benzene rings is 3. The zero-order valence-electron chi connectivity index (χ0n) is 21.2. The fourth-order valence-corrected chi connectivity index (χ4v) is 3.68. The van der Waals surface area contributed by atoms with Gasteiger partial charge in [-0.2, -0.15) is 0 Å². The Balaban J connectivity index is 1.79. The molecule has 3 aromatic carbocycles. The second-order valence-electron chi connectivity index (χ2n) is 9.27. The molecule has 0 aliphatic rings. The van der Waals surface area contributed by atoms with Crippen LogP contribution >= 0.6 is 23.2 Å². The molecular weight excluding hydrogens is 556 g/mol. The maximum atomic E-state index is 12.5. The number of allylic oxidation sites excluding steroid dienone is 1. The van der Waals surface area contributed by atoms with E-state index in [1.165, 1.54) is 24.3 Å². The molecule has 0 unspecified atom stereocenters. The van der Waals surface area contributed by atoms with Gasteiger partial charge in [0.15, 0.2) is 5.88 Å². The number of rotatable bonds is 9. The third-order valence-corrected chi connectivity index (χ3v) is 5.22. The van der Waals surface area contributed by atoms with E-state index in [1.54, 1.807) is 57.2 Å². The summed E-state index contributed by atoms with van der Waals surface area (Å²) in [6, 6.07) is 16.3. The summed E-state index contributed by atoms with van der Waals surface area (Å²) in [5, 5.41) is 12.1. The number of hydrogen-bond donors (Lipinski definition) is 2. The van der Waals surface area contributed by atoms with Crippen LogP contribution in [0.5, 0.6) is 5.75 Å². The first-order chi connectivity index (χ1) is 18.2. The highest BCUT2D eigenvalue weighted by atomic mass is 35.5. The zero-order chi connectivity index (χ0) is 28.8. The number of ether oxygens (including phenoxy) is 3. The molecule has 6 nitrogen and oxygen atoms in total. The molecule has 0 fully saturated rings. The Kier molecular flexibility index (Phi) is 9.53. The maximum Gasteiger partial charge on any atom is 0.573 e. The Morgan fingerprint density at radius 2 is 1.51 bits per heavy atom. The topological polar surface area (TPSA) is 80.6 Å². The summed E-state index contributed by atoms with van der Waals surface area (Å²) in [7, 11) is 0. The monoisotopic (exact) mass is 580 g/mol. The first kappa shape index (κ1) is 29.9. The van der Waals surface area contributed by atoms with E-state index in [-0.39, 0.29) is 24.0 Å². The molecule has 11 heteroatoms. The lowest BCUT2D eigenvalue weighted by Crippen LogP contribution is -2.23. The molecule has 0 aliphatic heterocycles. The number of carbonyl (C=O) groups is 1. The second-order valence-corrected chi connectivity index (χ2v) is 10.1. The predicted molar refractivity (Wildman–Crippen MR) is 145 cm³/mol. The van der Waals surface area contributed by atoms with Crippen LogP contribution in [0.25, 0.3) is 0 Å². The normalized spacial score (nSPS) is 12.1. The van der Waals surface area contributed by atoms with E-state index in [9.17, 15) is 18.0 Å². The van der Waals surface area contributed by atoms with Crippen molar-refractivity contribution < 1.29 is 32.2 Å². The van der Waals surface area contributed by atoms with Gasteiger partial charge in [-0.05, 0) is 80.9 Å². The van der Waals surface area contributed by atoms with E-state index in [0.29, 0.717) is 32.4 Å². The summed E-state index contributed by atoms with van der Waals surface area (Å²) >= 11 is 12.1. The number of halogens is 5. The third-order valence-electron chi connectivity index (χ3n) is 4.79. The SMILES string of the molecule is CC(C)(C)OC(=O)c1ccc(CO/C(=C/C(=N)c2cc(Cl)cc(Cl)c2)Nc2ccc(OC(F)(F)F)cc2)cc1. The van der Waals surface area contributed by atoms with Gasteiger partial charge in [-0.1, -0.05) is 35.3 Å². The molecule has 2 N–H and O–H groups in total. The molecule has 0 bridgehead atoms. The molecule has 0 saturated carbocycles. The second kappa shape index (κ2) is 12.4. The molecule has 0 radical (unpaired) electrons. The maximum absolute atomic E-state index is 12.5. The molecule has 0 spiro atoms. The van der Waals surface area contributed by atoms with Gasteiger partial charge in [0.25, 0.3) is 0 Å². The van der Waals surface area contributed by atoms with Crippen molar-refractivity contribution in [3.63, 3.8) is 0 Å². The molecule has 0 aromatic heterocycles. The van der Waals surface area contributed by atoms with Crippen LogP contribution in [0.15, 0.2) is 78.7 Å². The summed E-state index contributed by atoms with van der Waals surface area (Å²) in [6.45, 7) is 5.38. The Hall–Kier alpha value is -3.69. The fourth-order valence-electron chi connectivity index (χ4n) is 3.15. The fraction of sp³-hybridized carbons (Fsp3) is 0.214. The lowest BCUT2D eigenvalue weighted by Gasteiger charge is -2.19. The minimum absolute atomic E-state index is 0.0131. The smallest absolute Gasteiger partial charge is 0.474 e. The summed E-state index contributed by atoms with van der Waals surface area (Å²) in [5.41, 5.74) is 1.28. The van der Waals surface area contributed by atoms with Gasteiger partial charge in [0.1, 0.15) is 18.0 Å². The molecule has 206 valence electrons. The van der Waals surface area contributed by atoms with E-state index in [4.69, 9.17) is 38.1 Å². The molecule has 0 heterocycles. The van der Waals surface area contributed by atoms with Crippen LogP contribution in [0, 0.1) is 5.41 Å². The van der Waals surface area contributed by atoms with Gasteiger partial charge < -0.3 is 24.9 Å². The Labute approximate surface area is 233 Å². The third kappa shape index (κ3) is 10.2. The predicted octanol–water partition coefficient (Wildman–Crippen LogP) is 8.39. The van der Waals surface area contributed by atoms with Crippen molar-refractivity contribution in [2.24, 2.45) is 0 Å². The molecular formula is C28H25Cl2F3N2O4. The molecule has 0 saturated heterocycles. The van der Waals surface area contributed by atoms with Crippen molar-refractivity contribution in [2.75, 3.05) is 5.32 Å². The van der Waals surface area contributed by atoms with Gasteiger partial charge in [-0.25, -0.2) is 4.79 Å². The summed E-state index contributed by atoms with van der Waals surface area (Å²) in [4.78, 5) is 12.3. The molecule has 0 amide bonds. The van der Waals surface area contributed by atoms with Crippen LogP contribution in [0.2, 0.25) is 10.0 Å². The van der Waals surface area contributed by atoms with Gasteiger partial charge in [0.05, 0.1) is 11.3 Å². The molecule has 0 aliphatic carbocycles. The van der Waals surface area contributed by atoms with Crippen molar-refractivity contribution in [1.82, 2.24) is 0 Å². The van der Waals surface area contributed by atoms with Gasteiger partial charge in [-0.15, -0.1) is 13.2 Å². The summed E-state index contributed by atoms with van der Waals surface area (Å²) in [6.07, 6.45) is -3.42. The average Bonchev–Trinajstić information content (AvgIpc) is 2.81. The quantitative estimate of drug-likeness (QED) is 0.151. The van der Waals surface area contributed by atoms with Crippen LogP contribution < -0.4 is 10.1 Å². The number of carbonyl (C=O) groups excluding carboxylic acids is 1. The first-order valence-electron chi connectivity index (χ1n) is 11.5. The van der Waals surface area contributed by atoms with Crippen LogP contribution in [0.4, 0.5) is 18.9 Å². The van der Waals surface area contributed by atoms with Gasteiger partial charge in [0.2, 0.25) is 0 Å². The van der Waals surface area contributed by atoms with Gasteiger partial charge in [0, 0.05) is 27.4 Å². The minimum atomic E-state index is -4.81. The van der Waals surface area contributed by atoms with Crippen molar-refractivity contribution >= 4 is 40.6 Å². The summed E-state index contributed by atoms with van der Waals surface area (Å²) < 4.78 is 52.6.